The van der Waals surface area contributed by atoms with Crippen LogP contribution in [-0.4, -0.2) is 17.2 Å². The topological polar surface area (TPSA) is 54.4 Å². The number of nitrogens with one attached hydrogen (secondary N) is 1. The lowest BCUT2D eigenvalue weighted by molar-refractivity contribution is 0.374. The number of ether oxygens (including phenoxy) is 1. The Hall–Kier alpha value is -2.46. The Bertz CT molecular complexity index is 805. The molecule has 0 saturated carbocycles. The molecule has 2 N–H and O–H groups in total. The van der Waals surface area contributed by atoms with Crippen LogP contribution in [0.15, 0.2) is 48.7 Å². The average molecular weight is 301 g/mol. The van der Waals surface area contributed by atoms with Crippen LogP contribution in [0, 0.1) is 0 Å². The minimum atomic E-state index is 0.106. The van der Waals surface area contributed by atoms with Gasteiger partial charge in [0.15, 0.2) is 11.5 Å². The summed E-state index contributed by atoms with van der Waals surface area (Å²) in [6.07, 6.45) is 1.72. The molecule has 2 aromatic carbocycles. The number of hydrogen-bond acceptors (Lipinski definition) is 4. The summed E-state index contributed by atoms with van der Waals surface area (Å²) in [6.45, 7) is 0. The Morgan fingerprint density at radius 1 is 1.14 bits per heavy atom. The first-order valence-corrected chi connectivity index (χ1v) is 6.73. The van der Waals surface area contributed by atoms with E-state index in [0.29, 0.717) is 10.8 Å². The number of halogens is 1. The van der Waals surface area contributed by atoms with Crippen LogP contribution in [-0.2, 0) is 0 Å². The van der Waals surface area contributed by atoms with E-state index in [0.717, 1.165) is 22.3 Å². The van der Waals surface area contributed by atoms with Gasteiger partial charge in [0.1, 0.15) is 0 Å². The van der Waals surface area contributed by atoms with Gasteiger partial charge in [-0.2, -0.15) is 0 Å². The molecule has 0 amide bonds. The summed E-state index contributed by atoms with van der Waals surface area (Å²) in [7, 11) is 1.52. The second-order valence-electron chi connectivity index (χ2n) is 4.53. The molecule has 4 nitrogen and oxygen atoms in total. The molecule has 1 aromatic heterocycles. The van der Waals surface area contributed by atoms with Gasteiger partial charge < -0.3 is 15.2 Å². The molecule has 3 rings (SSSR count). The maximum absolute atomic E-state index is 9.63. The molecule has 0 spiro atoms. The zero-order valence-corrected chi connectivity index (χ0v) is 12.1. The number of aromatic hydroxyl groups is 1. The molecule has 0 aliphatic heterocycles. The van der Waals surface area contributed by atoms with E-state index in [1.165, 1.54) is 7.11 Å². The lowest BCUT2D eigenvalue weighted by atomic mass is 10.1. The van der Waals surface area contributed by atoms with Gasteiger partial charge in [-0.05, 0) is 36.4 Å². The lowest BCUT2D eigenvalue weighted by Crippen LogP contribution is -1.93. The van der Waals surface area contributed by atoms with E-state index in [1.807, 2.05) is 24.3 Å². The average Bonchev–Trinajstić information content (AvgIpc) is 2.49. The van der Waals surface area contributed by atoms with Gasteiger partial charge in [0.25, 0.3) is 0 Å². The third kappa shape index (κ3) is 2.71. The Kier molecular flexibility index (Phi) is 3.54. The Morgan fingerprint density at radius 2 is 2.00 bits per heavy atom. The standard InChI is InChI=1S/C16H13ClN2O2/c1-21-16-9-11(3-5-15(16)20)19-13-6-7-18-14-8-10(17)2-4-12(13)14/h2-9,20H,1H3,(H,18,19). The van der Waals surface area contributed by atoms with E-state index in [1.54, 1.807) is 24.4 Å². The summed E-state index contributed by atoms with van der Waals surface area (Å²) < 4.78 is 5.11. The molecule has 0 aliphatic rings. The van der Waals surface area contributed by atoms with Crippen LogP contribution < -0.4 is 10.1 Å². The predicted molar refractivity (Wildman–Crippen MR) is 84.7 cm³/mol. The van der Waals surface area contributed by atoms with Crippen LogP contribution in [0.2, 0.25) is 5.02 Å². The number of aromatic nitrogens is 1. The van der Waals surface area contributed by atoms with Gasteiger partial charge in [-0.1, -0.05) is 11.6 Å². The molecule has 0 bridgehead atoms. The van der Waals surface area contributed by atoms with Crippen molar-refractivity contribution in [1.29, 1.82) is 0 Å². The highest BCUT2D eigenvalue weighted by Gasteiger charge is 2.06. The van der Waals surface area contributed by atoms with Crippen molar-refractivity contribution in [3.63, 3.8) is 0 Å². The van der Waals surface area contributed by atoms with Crippen LogP contribution in [0.5, 0.6) is 11.5 Å². The van der Waals surface area contributed by atoms with E-state index in [-0.39, 0.29) is 5.75 Å². The number of phenols is 1. The van der Waals surface area contributed by atoms with Crippen LogP contribution in [0.25, 0.3) is 10.9 Å². The Morgan fingerprint density at radius 3 is 2.81 bits per heavy atom. The lowest BCUT2D eigenvalue weighted by Gasteiger charge is -2.11. The number of methoxy groups -OCH3 is 1. The fourth-order valence-corrected chi connectivity index (χ4v) is 2.31. The summed E-state index contributed by atoms with van der Waals surface area (Å²) in [5, 5.41) is 14.5. The number of fused-ring (bicyclic) bond motifs is 1. The highest BCUT2D eigenvalue weighted by atomic mass is 35.5. The van der Waals surface area contributed by atoms with Gasteiger partial charge in [0.05, 0.1) is 12.6 Å². The van der Waals surface area contributed by atoms with Crippen molar-refractivity contribution < 1.29 is 9.84 Å². The molecule has 21 heavy (non-hydrogen) atoms. The van der Waals surface area contributed by atoms with Crippen molar-refractivity contribution in [2.24, 2.45) is 0 Å². The summed E-state index contributed by atoms with van der Waals surface area (Å²) in [5.74, 6) is 0.524. The molecule has 0 atom stereocenters. The number of rotatable bonds is 3. The van der Waals surface area contributed by atoms with Crippen molar-refractivity contribution in [3.05, 3.63) is 53.7 Å². The number of pyridine rings is 1. The fourth-order valence-electron chi connectivity index (χ4n) is 2.14. The van der Waals surface area contributed by atoms with Crippen LogP contribution in [0.3, 0.4) is 0 Å². The number of nitrogens with zero attached hydrogens (tertiary/aromatic N) is 1. The van der Waals surface area contributed by atoms with Crippen LogP contribution in [0.4, 0.5) is 11.4 Å². The summed E-state index contributed by atoms with van der Waals surface area (Å²) >= 11 is 5.98. The van der Waals surface area contributed by atoms with E-state index >= 15 is 0 Å². The third-order valence-electron chi connectivity index (χ3n) is 3.16. The minimum absolute atomic E-state index is 0.106. The van der Waals surface area contributed by atoms with Gasteiger partial charge in [-0.3, -0.25) is 4.98 Å². The van der Waals surface area contributed by atoms with E-state index < -0.39 is 0 Å². The van der Waals surface area contributed by atoms with Crippen molar-refractivity contribution in [2.45, 2.75) is 0 Å². The number of benzene rings is 2. The quantitative estimate of drug-likeness (QED) is 0.706. The van der Waals surface area contributed by atoms with E-state index in [2.05, 4.69) is 10.3 Å². The van der Waals surface area contributed by atoms with Crippen molar-refractivity contribution in [2.75, 3.05) is 12.4 Å². The Labute approximate surface area is 127 Å². The summed E-state index contributed by atoms with van der Waals surface area (Å²) in [5.41, 5.74) is 2.54. The van der Waals surface area contributed by atoms with E-state index in [9.17, 15) is 5.11 Å². The molecule has 0 aliphatic carbocycles. The number of phenolic OH excluding ortho intramolecular Hbond substituents is 1. The van der Waals surface area contributed by atoms with Gasteiger partial charge in [-0.15, -0.1) is 0 Å². The molecule has 5 heteroatoms. The van der Waals surface area contributed by atoms with Gasteiger partial charge >= 0.3 is 0 Å². The molecule has 0 saturated heterocycles. The molecule has 106 valence electrons. The molecular formula is C16H13ClN2O2. The Balaban J connectivity index is 2.02. The highest BCUT2D eigenvalue weighted by molar-refractivity contribution is 6.31. The van der Waals surface area contributed by atoms with Crippen molar-refractivity contribution >= 4 is 33.9 Å². The van der Waals surface area contributed by atoms with Gasteiger partial charge in [-0.25, -0.2) is 0 Å². The molecule has 1 heterocycles. The van der Waals surface area contributed by atoms with Gasteiger partial charge in [0, 0.05) is 34.0 Å². The fraction of sp³-hybridized carbons (Fsp3) is 0.0625. The van der Waals surface area contributed by atoms with Gasteiger partial charge in [0.2, 0.25) is 0 Å². The zero-order chi connectivity index (χ0) is 14.8. The minimum Gasteiger partial charge on any atom is -0.504 e. The molecule has 3 aromatic rings. The number of hydrogen-bond donors (Lipinski definition) is 2. The summed E-state index contributed by atoms with van der Waals surface area (Å²) in [4.78, 5) is 4.30. The SMILES string of the molecule is COc1cc(Nc2ccnc3cc(Cl)ccc23)ccc1O. The third-order valence-corrected chi connectivity index (χ3v) is 3.40. The second kappa shape index (κ2) is 5.50. The molecule has 0 unspecified atom stereocenters. The van der Waals surface area contributed by atoms with Crippen molar-refractivity contribution in [1.82, 2.24) is 4.98 Å². The molecular weight excluding hydrogens is 288 g/mol. The first-order valence-electron chi connectivity index (χ1n) is 6.35. The van der Waals surface area contributed by atoms with Crippen molar-refractivity contribution in [3.8, 4) is 11.5 Å². The first kappa shape index (κ1) is 13.5. The van der Waals surface area contributed by atoms with Crippen LogP contribution >= 0.6 is 11.6 Å². The monoisotopic (exact) mass is 300 g/mol. The maximum atomic E-state index is 9.63. The molecule has 0 radical (unpaired) electrons. The smallest absolute Gasteiger partial charge is 0.162 e. The second-order valence-corrected chi connectivity index (χ2v) is 4.97. The number of anilines is 2. The van der Waals surface area contributed by atoms with E-state index in [4.69, 9.17) is 16.3 Å². The van der Waals surface area contributed by atoms with Crippen LogP contribution in [0.1, 0.15) is 0 Å². The highest BCUT2D eigenvalue weighted by Crippen LogP contribution is 2.32. The first-order chi connectivity index (χ1) is 10.2. The predicted octanol–water partition coefficient (Wildman–Crippen LogP) is 4.35. The molecule has 0 fully saturated rings. The zero-order valence-electron chi connectivity index (χ0n) is 11.3. The summed E-state index contributed by atoms with van der Waals surface area (Å²) in [6, 6.07) is 12.5. The largest absolute Gasteiger partial charge is 0.504 e. The normalized spacial score (nSPS) is 10.6. The maximum Gasteiger partial charge on any atom is 0.162 e.